The first kappa shape index (κ1) is 19.5. The van der Waals surface area contributed by atoms with Gasteiger partial charge in [0.15, 0.2) is 0 Å². The molecular weight excluding hydrogens is 296 g/mol. The molecule has 0 N–H and O–H groups in total. The molecule has 0 spiro atoms. The van der Waals surface area contributed by atoms with E-state index in [-0.39, 0.29) is 0 Å². The van der Waals surface area contributed by atoms with Crippen molar-refractivity contribution < 1.29 is 0 Å². The third-order valence-electron chi connectivity index (χ3n) is 4.30. The Morgan fingerprint density at radius 2 is 1.42 bits per heavy atom. The molecule has 0 fully saturated rings. The van der Waals surface area contributed by atoms with E-state index < -0.39 is 0 Å². The van der Waals surface area contributed by atoms with Gasteiger partial charge in [-0.1, -0.05) is 84.2 Å². The van der Waals surface area contributed by atoms with E-state index in [2.05, 4.69) is 71.3 Å². The zero-order valence-electron chi connectivity index (χ0n) is 14.7. The minimum absolute atomic E-state index is 0.402. The van der Waals surface area contributed by atoms with Crippen LogP contribution in [0.25, 0.3) is 0 Å². The van der Waals surface area contributed by atoms with Gasteiger partial charge in [0.1, 0.15) is 0 Å². The maximum absolute atomic E-state index is 3.70. The molecular formula is C18H37Br. The monoisotopic (exact) mass is 332 g/mol. The summed E-state index contributed by atoms with van der Waals surface area (Å²) in [5.74, 6) is 0.812. The van der Waals surface area contributed by atoms with Gasteiger partial charge in [0.05, 0.1) is 0 Å². The van der Waals surface area contributed by atoms with E-state index in [1.165, 1.54) is 32.1 Å². The average Bonchev–Trinajstić information content (AvgIpc) is 2.23. The third-order valence-corrected chi connectivity index (χ3v) is 5.82. The lowest BCUT2D eigenvalue weighted by Gasteiger charge is -2.42. The Kier molecular flexibility index (Phi) is 7.67. The number of alkyl halides is 1. The second kappa shape index (κ2) is 7.48. The SMILES string of the molecule is CCCCC(C)(C)C(CC(C)(C)C)CC(C)(C)CBr. The number of hydrogen-bond acceptors (Lipinski definition) is 0. The van der Waals surface area contributed by atoms with Crippen molar-refractivity contribution in [3.63, 3.8) is 0 Å². The van der Waals surface area contributed by atoms with Gasteiger partial charge in [-0.3, -0.25) is 0 Å². The van der Waals surface area contributed by atoms with Crippen molar-refractivity contribution in [3.05, 3.63) is 0 Å². The highest BCUT2D eigenvalue weighted by Gasteiger charge is 2.35. The zero-order chi connectivity index (χ0) is 15.3. The second-order valence-electron chi connectivity index (χ2n) is 9.06. The van der Waals surface area contributed by atoms with Crippen molar-refractivity contribution >= 4 is 15.9 Å². The van der Waals surface area contributed by atoms with Crippen molar-refractivity contribution in [1.82, 2.24) is 0 Å². The molecule has 19 heavy (non-hydrogen) atoms. The van der Waals surface area contributed by atoms with Gasteiger partial charge >= 0.3 is 0 Å². The van der Waals surface area contributed by atoms with Crippen molar-refractivity contribution in [2.75, 3.05) is 5.33 Å². The quantitative estimate of drug-likeness (QED) is 0.417. The lowest BCUT2D eigenvalue weighted by Crippen LogP contribution is -2.32. The highest BCUT2D eigenvalue weighted by Crippen LogP contribution is 2.45. The normalized spacial score (nSPS) is 15.6. The van der Waals surface area contributed by atoms with Gasteiger partial charge in [-0.2, -0.15) is 0 Å². The summed E-state index contributed by atoms with van der Waals surface area (Å²) in [6, 6.07) is 0. The molecule has 1 unspecified atom stereocenters. The molecule has 116 valence electrons. The minimum atomic E-state index is 0.402. The van der Waals surface area contributed by atoms with Crippen molar-refractivity contribution in [1.29, 1.82) is 0 Å². The van der Waals surface area contributed by atoms with E-state index in [1.807, 2.05) is 0 Å². The van der Waals surface area contributed by atoms with Gasteiger partial charge in [0.2, 0.25) is 0 Å². The second-order valence-corrected chi connectivity index (χ2v) is 9.62. The molecule has 0 aromatic carbocycles. The zero-order valence-corrected chi connectivity index (χ0v) is 16.3. The van der Waals surface area contributed by atoms with Crippen molar-refractivity contribution in [2.24, 2.45) is 22.2 Å². The van der Waals surface area contributed by atoms with E-state index >= 15 is 0 Å². The van der Waals surface area contributed by atoms with E-state index in [4.69, 9.17) is 0 Å². The van der Waals surface area contributed by atoms with Crippen LogP contribution in [0.5, 0.6) is 0 Å². The van der Waals surface area contributed by atoms with Crippen LogP contribution in [0.4, 0.5) is 0 Å². The van der Waals surface area contributed by atoms with Crippen LogP contribution in [0.1, 0.15) is 87.5 Å². The average molecular weight is 333 g/mol. The molecule has 0 aliphatic rings. The molecule has 0 aromatic rings. The Bertz CT molecular complexity index is 245. The predicted molar refractivity (Wildman–Crippen MR) is 93.1 cm³/mol. The van der Waals surface area contributed by atoms with Gasteiger partial charge < -0.3 is 0 Å². The first-order chi connectivity index (χ1) is 8.43. The highest BCUT2D eigenvalue weighted by atomic mass is 79.9. The summed E-state index contributed by atoms with van der Waals surface area (Å²) in [6.45, 7) is 19.2. The molecule has 0 bridgehead atoms. The fourth-order valence-corrected chi connectivity index (χ4v) is 3.15. The van der Waals surface area contributed by atoms with E-state index in [9.17, 15) is 0 Å². The molecule has 0 radical (unpaired) electrons. The molecule has 0 aliphatic heterocycles. The molecule has 0 aromatic heterocycles. The number of halogens is 1. The largest absolute Gasteiger partial charge is 0.0922 e. The van der Waals surface area contributed by atoms with Crippen LogP contribution in [0.3, 0.4) is 0 Å². The number of unbranched alkanes of at least 4 members (excludes halogenated alkanes) is 1. The van der Waals surface area contributed by atoms with E-state index in [0.29, 0.717) is 16.2 Å². The van der Waals surface area contributed by atoms with Gasteiger partial charge in [0.25, 0.3) is 0 Å². The van der Waals surface area contributed by atoms with Crippen molar-refractivity contribution in [2.45, 2.75) is 87.5 Å². The van der Waals surface area contributed by atoms with E-state index in [1.54, 1.807) is 0 Å². The highest BCUT2D eigenvalue weighted by molar-refractivity contribution is 9.09. The van der Waals surface area contributed by atoms with Crippen LogP contribution in [0.15, 0.2) is 0 Å². The maximum Gasteiger partial charge on any atom is 0.00827 e. The fourth-order valence-electron chi connectivity index (χ4n) is 2.92. The smallest absolute Gasteiger partial charge is 0.00827 e. The third kappa shape index (κ3) is 8.38. The molecule has 1 heteroatoms. The van der Waals surface area contributed by atoms with Crippen LogP contribution in [0, 0.1) is 22.2 Å². The molecule has 0 rings (SSSR count). The Hall–Kier alpha value is 0.480. The summed E-state index contributed by atoms with van der Waals surface area (Å²) in [7, 11) is 0. The van der Waals surface area contributed by atoms with Gasteiger partial charge in [-0.05, 0) is 41.4 Å². The molecule has 0 saturated heterocycles. The first-order valence-corrected chi connectivity index (χ1v) is 9.12. The molecule has 0 aliphatic carbocycles. The molecule has 1 atom stereocenters. The molecule has 0 heterocycles. The van der Waals surface area contributed by atoms with Gasteiger partial charge in [-0.15, -0.1) is 0 Å². The summed E-state index contributed by atoms with van der Waals surface area (Å²) in [4.78, 5) is 0. The minimum Gasteiger partial charge on any atom is -0.0922 e. The summed E-state index contributed by atoms with van der Waals surface area (Å²) in [6.07, 6.45) is 6.70. The number of hydrogen-bond donors (Lipinski definition) is 0. The fraction of sp³-hybridized carbons (Fsp3) is 1.00. The molecule has 0 saturated carbocycles. The first-order valence-electron chi connectivity index (χ1n) is 7.99. The summed E-state index contributed by atoms with van der Waals surface area (Å²) >= 11 is 3.70. The van der Waals surface area contributed by atoms with Gasteiger partial charge in [0, 0.05) is 5.33 Å². The van der Waals surface area contributed by atoms with Crippen LogP contribution < -0.4 is 0 Å². The predicted octanol–water partition coefficient (Wildman–Crippen LogP) is 7.07. The Balaban J connectivity index is 4.94. The maximum atomic E-state index is 3.70. The van der Waals surface area contributed by atoms with E-state index in [0.717, 1.165) is 11.2 Å². The van der Waals surface area contributed by atoms with Crippen LogP contribution >= 0.6 is 15.9 Å². The Morgan fingerprint density at radius 1 is 0.895 bits per heavy atom. The summed E-state index contributed by atoms with van der Waals surface area (Å²) in [5.41, 5.74) is 1.29. The summed E-state index contributed by atoms with van der Waals surface area (Å²) < 4.78 is 0. The Labute approximate surface area is 131 Å². The van der Waals surface area contributed by atoms with Crippen LogP contribution in [-0.4, -0.2) is 5.33 Å². The molecule has 0 amide bonds. The van der Waals surface area contributed by atoms with Crippen LogP contribution in [0.2, 0.25) is 0 Å². The molecule has 0 nitrogen and oxygen atoms in total. The summed E-state index contributed by atoms with van der Waals surface area (Å²) in [5, 5.41) is 1.10. The lowest BCUT2D eigenvalue weighted by atomic mass is 9.64. The van der Waals surface area contributed by atoms with Crippen molar-refractivity contribution in [3.8, 4) is 0 Å². The van der Waals surface area contributed by atoms with Gasteiger partial charge in [-0.25, -0.2) is 0 Å². The number of rotatable bonds is 8. The Morgan fingerprint density at radius 3 is 1.79 bits per heavy atom. The lowest BCUT2D eigenvalue weighted by molar-refractivity contribution is 0.0926. The topological polar surface area (TPSA) is 0 Å². The van der Waals surface area contributed by atoms with Crippen LogP contribution in [-0.2, 0) is 0 Å². The standard InChI is InChI=1S/C18H37Br/c1-9-10-11-18(7,8)15(12-16(2,3)4)13-17(5,6)14-19/h15H,9-14H2,1-8H3.